The summed E-state index contributed by atoms with van der Waals surface area (Å²) in [5, 5.41) is 10.4. The zero-order valence-corrected chi connectivity index (χ0v) is 19.5. The van der Waals surface area contributed by atoms with Gasteiger partial charge < -0.3 is 14.2 Å². The van der Waals surface area contributed by atoms with E-state index in [1.165, 1.54) is 16.8 Å². The summed E-state index contributed by atoms with van der Waals surface area (Å²) in [7, 11) is 0. The number of aryl methyl sites for hydroxylation is 3. The first-order valence-electron chi connectivity index (χ1n) is 10.6. The van der Waals surface area contributed by atoms with Gasteiger partial charge in [0.15, 0.2) is 0 Å². The van der Waals surface area contributed by atoms with Gasteiger partial charge in [0.2, 0.25) is 0 Å². The molecule has 0 radical (unpaired) electrons. The van der Waals surface area contributed by atoms with Crippen molar-refractivity contribution in [1.29, 1.82) is 0 Å². The van der Waals surface area contributed by atoms with Crippen LogP contribution in [-0.4, -0.2) is 25.8 Å². The average Bonchev–Trinajstić information content (AvgIpc) is 3.19. The van der Waals surface area contributed by atoms with Crippen molar-refractivity contribution in [3.63, 3.8) is 0 Å². The first kappa shape index (κ1) is 23.0. The number of nitrogens with zero attached hydrogens (tertiary/aromatic N) is 3. The van der Waals surface area contributed by atoms with Gasteiger partial charge in [0.05, 0.1) is 29.7 Å². The van der Waals surface area contributed by atoms with Gasteiger partial charge in [-0.1, -0.05) is 35.9 Å². The quantitative estimate of drug-likeness (QED) is 0.439. The van der Waals surface area contributed by atoms with E-state index in [1.54, 1.807) is 31.5 Å². The fourth-order valence-electron chi connectivity index (χ4n) is 4.11. The van der Waals surface area contributed by atoms with Gasteiger partial charge in [-0.25, -0.2) is 9.37 Å². The highest BCUT2D eigenvalue weighted by atomic mass is 35.5. The van der Waals surface area contributed by atoms with E-state index in [1.807, 2.05) is 42.8 Å². The van der Waals surface area contributed by atoms with Crippen LogP contribution >= 0.6 is 11.6 Å². The predicted octanol–water partition coefficient (Wildman–Crippen LogP) is 4.92. The Kier molecular flexibility index (Phi) is 6.49. The third-order valence-electron chi connectivity index (χ3n) is 5.75. The van der Waals surface area contributed by atoms with E-state index >= 15 is 0 Å². The molecule has 170 valence electrons. The van der Waals surface area contributed by atoms with Crippen LogP contribution in [0.2, 0.25) is 5.02 Å². The van der Waals surface area contributed by atoms with Crippen molar-refractivity contribution < 1.29 is 9.50 Å². The average molecular weight is 466 g/mol. The van der Waals surface area contributed by atoms with E-state index in [0.29, 0.717) is 17.0 Å². The number of pyridine rings is 1. The third kappa shape index (κ3) is 4.77. The number of aromatic nitrogens is 3. The minimum atomic E-state index is -0.871. The summed E-state index contributed by atoms with van der Waals surface area (Å²) in [5.74, 6) is -0.469. The van der Waals surface area contributed by atoms with Crippen LogP contribution < -0.4 is 5.56 Å². The Morgan fingerprint density at radius 2 is 1.88 bits per heavy atom. The van der Waals surface area contributed by atoms with E-state index in [2.05, 4.69) is 4.98 Å². The van der Waals surface area contributed by atoms with Crippen molar-refractivity contribution in [3.8, 4) is 5.69 Å². The minimum absolute atomic E-state index is 0.245. The standard InChI is InChI=1S/C26H25ClFN3O2/c1-16-4-6-22(23(28)8-16)25(14-32)31-13-21(27)11-20(26(31)33)10-19-5-7-24(17(2)9-19)30-12-18(3)29-15-30/h4-9,11-13,15,25,32H,10,14H2,1-3H3/t25-/m0/s1. The van der Waals surface area contributed by atoms with Crippen molar-refractivity contribution in [1.82, 2.24) is 14.1 Å². The lowest BCUT2D eigenvalue weighted by atomic mass is 10.0. The smallest absolute Gasteiger partial charge is 0.254 e. The molecule has 0 fully saturated rings. The van der Waals surface area contributed by atoms with Gasteiger partial charge in [-0.2, -0.15) is 0 Å². The molecule has 5 nitrogen and oxygen atoms in total. The second kappa shape index (κ2) is 9.33. The minimum Gasteiger partial charge on any atom is -0.394 e. The fourth-order valence-corrected chi connectivity index (χ4v) is 4.35. The number of rotatable bonds is 6. The lowest BCUT2D eigenvalue weighted by Gasteiger charge is -2.20. The summed E-state index contributed by atoms with van der Waals surface area (Å²) in [6.45, 7) is 5.29. The van der Waals surface area contributed by atoms with Gasteiger partial charge in [-0.3, -0.25) is 4.79 Å². The summed E-state index contributed by atoms with van der Waals surface area (Å²) in [4.78, 5) is 17.6. The molecule has 33 heavy (non-hydrogen) atoms. The van der Waals surface area contributed by atoms with E-state index in [-0.39, 0.29) is 11.1 Å². The van der Waals surface area contributed by atoms with Crippen molar-refractivity contribution in [3.05, 3.63) is 116 Å². The van der Waals surface area contributed by atoms with Crippen LogP contribution in [0.25, 0.3) is 5.69 Å². The molecule has 2 heterocycles. The fraction of sp³-hybridized carbons (Fsp3) is 0.231. The SMILES string of the molecule is Cc1ccc([C@H](CO)n2cc(Cl)cc(Cc3ccc(-n4cnc(C)c4)c(C)c3)c2=O)c(F)c1. The molecule has 4 aromatic rings. The Bertz CT molecular complexity index is 1380. The number of aliphatic hydroxyl groups excluding tert-OH is 1. The number of halogens is 2. The third-order valence-corrected chi connectivity index (χ3v) is 5.96. The van der Waals surface area contributed by atoms with Gasteiger partial charge in [-0.05, 0) is 55.7 Å². The Hall–Kier alpha value is -3.22. The lowest BCUT2D eigenvalue weighted by Crippen LogP contribution is -2.30. The second-order valence-electron chi connectivity index (χ2n) is 8.34. The monoisotopic (exact) mass is 465 g/mol. The molecule has 0 unspecified atom stereocenters. The highest BCUT2D eigenvalue weighted by Gasteiger charge is 2.20. The number of imidazole rings is 1. The van der Waals surface area contributed by atoms with Gasteiger partial charge in [0.25, 0.3) is 5.56 Å². The van der Waals surface area contributed by atoms with Gasteiger partial charge in [0, 0.05) is 35.6 Å². The normalized spacial score (nSPS) is 12.2. The van der Waals surface area contributed by atoms with Crippen molar-refractivity contribution >= 4 is 11.6 Å². The topological polar surface area (TPSA) is 60.1 Å². The van der Waals surface area contributed by atoms with E-state index < -0.39 is 18.5 Å². The maximum atomic E-state index is 14.6. The molecule has 1 N–H and O–H groups in total. The van der Waals surface area contributed by atoms with Gasteiger partial charge >= 0.3 is 0 Å². The van der Waals surface area contributed by atoms with Crippen LogP contribution in [0.4, 0.5) is 4.39 Å². The summed E-state index contributed by atoms with van der Waals surface area (Å²) in [6, 6.07) is 11.5. The van der Waals surface area contributed by atoms with Gasteiger partial charge in [0.1, 0.15) is 5.82 Å². The Morgan fingerprint density at radius 3 is 2.52 bits per heavy atom. The lowest BCUT2D eigenvalue weighted by molar-refractivity contribution is 0.243. The maximum Gasteiger partial charge on any atom is 0.254 e. The second-order valence-corrected chi connectivity index (χ2v) is 8.78. The molecule has 0 aliphatic rings. The van der Waals surface area contributed by atoms with Crippen LogP contribution in [0, 0.1) is 26.6 Å². The van der Waals surface area contributed by atoms with Crippen molar-refractivity contribution in [2.24, 2.45) is 0 Å². The number of hydrogen-bond donors (Lipinski definition) is 1. The molecule has 0 aliphatic heterocycles. The van der Waals surface area contributed by atoms with Crippen molar-refractivity contribution in [2.75, 3.05) is 6.61 Å². The molecule has 0 aliphatic carbocycles. The van der Waals surface area contributed by atoms with Crippen LogP contribution in [-0.2, 0) is 6.42 Å². The molecule has 0 bridgehead atoms. The van der Waals surface area contributed by atoms with Crippen LogP contribution in [0.15, 0.2) is 66.0 Å². The van der Waals surface area contributed by atoms with Crippen LogP contribution in [0.3, 0.4) is 0 Å². The Balaban J connectivity index is 1.70. The highest BCUT2D eigenvalue weighted by molar-refractivity contribution is 6.30. The zero-order valence-electron chi connectivity index (χ0n) is 18.7. The summed E-state index contributed by atoms with van der Waals surface area (Å²) >= 11 is 6.34. The van der Waals surface area contributed by atoms with E-state index in [4.69, 9.17) is 11.6 Å². The van der Waals surface area contributed by atoms with E-state index in [9.17, 15) is 14.3 Å². The van der Waals surface area contributed by atoms with Crippen molar-refractivity contribution in [2.45, 2.75) is 33.2 Å². The molecular weight excluding hydrogens is 441 g/mol. The van der Waals surface area contributed by atoms with Crippen LogP contribution in [0.1, 0.15) is 39.6 Å². The molecule has 1 atom stereocenters. The molecule has 0 saturated carbocycles. The summed E-state index contributed by atoms with van der Waals surface area (Å²) < 4.78 is 17.9. The molecular formula is C26H25ClFN3O2. The molecule has 0 spiro atoms. The Labute approximate surface area is 196 Å². The first-order chi connectivity index (χ1) is 15.8. The van der Waals surface area contributed by atoms with Crippen LogP contribution in [0.5, 0.6) is 0 Å². The largest absolute Gasteiger partial charge is 0.394 e. The molecule has 2 aromatic heterocycles. The highest BCUT2D eigenvalue weighted by Crippen LogP contribution is 2.24. The summed E-state index contributed by atoms with van der Waals surface area (Å²) in [5.41, 5.74) is 5.10. The van der Waals surface area contributed by atoms with Gasteiger partial charge in [-0.15, -0.1) is 0 Å². The number of hydrogen-bond acceptors (Lipinski definition) is 3. The molecule has 4 rings (SSSR count). The number of benzene rings is 2. The molecule has 2 aromatic carbocycles. The molecule has 0 saturated heterocycles. The summed E-state index contributed by atoms with van der Waals surface area (Å²) in [6.07, 6.45) is 5.53. The Morgan fingerprint density at radius 1 is 1.09 bits per heavy atom. The molecule has 0 amide bonds. The van der Waals surface area contributed by atoms with E-state index in [0.717, 1.165) is 28.1 Å². The predicted molar refractivity (Wildman–Crippen MR) is 128 cm³/mol. The zero-order chi connectivity index (χ0) is 23.7. The first-order valence-corrected chi connectivity index (χ1v) is 11.0. The molecule has 7 heteroatoms. The number of aliphatic hydroxyl groups is 1. The maximum absolute atomic E-state index is 14.6.